The molecule has 0 aliphatic carbocycles. The second kappa shape index (κ2) is 6.89. The molecule has 1 saturated heterocycles. The van der Waals surface area contributed by atoms with E-state index in [0.29, 0.717) is 0 Å². The zero-order chi connectivity index (χ0) is 18.2. The zero-order valence-corrected chi connectivity index (χ0v) is 15.9. The molecule has 2 aliphatic rings. The molecule has 5 heteroatoms. The summed E-state index contributed by atoms with van der Waals surface area (Å²) in [4.78, 5) is 9.50. The summed E-state index contributed by atoms with van der Waals surface area (Å²) < 4.78 is 7.92. The largest absolute Gasteiger partial charge is 0.378 e. The van der Waals surface area contributed by atoms with Gasteiger partial charge in [-0.1, -0.05) is 18.2 Å². The molecule has 0 atom stereocenters. The van der Waals surface area contributed by atoms with Crippen LogP contribution in [0.2, 0.25) is 0 Å². The van der Waals surface area contributed by atoms with Crippen molar-refractivity contribution < 1.29 is 4.74 Å². The van der Waals surface area contributed by atoms with Crippen molar-refractivity contribution in [3.63, 3.8) is 0 Å². The third kappa shape index (κ3) is 2.86. The number of rotatable bonds is 3. The van der Waals surface area contributed by atoms with E-state index in [1.54, 1.807) is 0 Å². The molecule has 0 radical (unpaired) electrons. The topological polar surface area (TPSA) is 33.5 Å². The highest BCUT2D eigenvalue weighted by Crippen LogP contribution is 2.32. The maximum atomic E-state index is 5.44. The number of aryl methyl sites for hydroxylation is 1. The summed E-state index contributed by atoms with van der Waals surface area (Å²) in [6, 6.07) is 13.2. The number of aromatic nitrogens is 2. The summed E-state index contributed by atoms with van der Waals surface area (Å²) in [6.45, 7) is 8.69. The Hall–Kier alpha value is -2.53. The highest BCUT2D eigenvalue weighted by atomic mass is 16.5. The minimum Gasteiger partial charge on any atom is -0.378 e. The highest BCUT2D eigenvalue weighted by Gasteiger charge is 2.24. The number of hydrogen-bond acceptors (Lipinski definition) is 4. The Kier molecular flexibility index (Phi) is 4.24. The van der Waals surface area contributed by atoms with Gasteiger partial charge in [0.25, 0.3) is 0 Å². The van der Waals surface area contributed by atoms with Crippen LogP contribution < -0.4 is 9.80 Å². The lowest BCUT2D eigenvalue weighted by molar-refractivity contribution is 0.122. The number of nitrogens with zero attached hydrogens (tertiary/aromatic N) is 4. The first-order chi connectivity index (χ1) is 13.3. The van der Waals surface area contributed by atoms with Crippen LogP contribution in [0, 0.1) is 0 Å². The molecule has 140 valence electrons. The lowest BCUT2D eigenvalue weighted by Crippen LogP contribution is -2.36. The van der Waals surface area contributed by atoms with Crippen molar-refractivity contribution in [2.45, 2.75) is 26.4 Å². The average Bonchev–Trinajstić information content (AvgIpc) is 3.07. The maximum absolute atomic E-state index is 5.44. The van der Waals surface area contributed by atoms with Crippen LogP contribution >= 0.6 is 0 Å². The van der Waals surface area contributed by atoms with Gasteiger partial charge in [0.05, 0.1) is 31.6 Å². The first kappa shape index (κ1) is 16.6. The van der Waals surface area contributed by atoms with E-state index in [0.717, 1.165) is 58.2 Å². The van der Waals surface area contributed by atoms with Crippen molar-refractivity contribution in [3.05, 3.63) is 53.9 Å². The molecular formula is C22H26N4O. The van der Waals surface area contributed by atoms with Crippen molar-refractivity contribution in [2.75, 3.05) is 42.6 Å². The predicted octanol–water partition coefficient (Wildman–Crippen LogP) is 3.46. The van der Waals surface area contributed by atoms with Gasteiger partial charge in [0.15, 0.2) is 0 Å². The molecule has 0 N–H and O–H groups in total. The van der Waals surface area contributed by atoms with Gasteiger partial charge in [-0.3, -0.25) is 0 Å². The van der Waals surface area contributed by atoms with E-state index >= 15 is 0 Å². The molecule has 1 fully saturated rings. The summed E-state index contributed by atoms with van der Waals surface area (Å²) in [5.41, 5.74) is 5.57. The van der Waals surface area contributed by atoms with Crippen molar-refractivity contribution in [1.82, 2.24) is 9.55 Å². The number of benzene rings is 1. The van der Waals surface area contributed by atoms with Crippen LogP contribution in [0.3, 0.4) is 0 Å². The third-order valence-corrected chi connectivity index (χ3v) is 5.92. The van der Waals surface area contributed by atoms with Gasteiger partial charge in [0.1, 0.15) is 5.82 Å². The van der Waals surface area contributed by atoms with Crippen LogP contribution in [-0.2, 0) is 24.2 Å². The van der Waals surface area contributed by atoms with Crippen molar-refractivity contribution in [1.29, 1.82) is 0 Å². The van der Waals surface area contributed by atoms with E-state index in [1.807, 2.05) is 6.20 Å². The Bertz CT molecular complexity index is 908. The first-order valence-corrected chi connectivity index (χ1v) is 9.98. The van der Waals surface area contributed by atoms with E-state index in [1.165, 1.54) is 27.8 Å². The zero-order valence-electron chi connectivity index (χ0n) is 15.9. The minimum atomic E-state index is 0.792. The summed E-state index contributed by atoms with van der Waals surface area (Å²) >= 11 is 0. The number of morpholine rings is 1. The van der Waals surface area contributed by atoms with Crippen LogP contribution in [0.5, 0.6) is 0 Å². The molecule has 27 heavy (non-hydrogen) atoms. The Morgan fingerprint density at radius 2 is 1.85 bits per heavy atom. The number of ether oxygens (including phenoxy) is 1. The Balaban J connectivity index is 1.42. The molecule has 1 aromatic carbocycles. The fraction of sp³-hybridized carbons (Fsp3) is 0.409. The second-order valence-corrected chi connectivity index (χ2v) is 7.33. The molecule has 0 saturated carbocycles. The predicted molar refractivity (Wildman–Crippen MR) is 110 cm³/mol. The Labute approximate surface area is 160 Å². The highest BCUT2D eigenvalue weighted by molar-refractivity contribution is 5.86. The number of para-hydroxylation sites is 1. The van der Waals surface area contributed by atoms with Crippen LogP contribution in [0.4, 0.5) is 11.5 Å². The van der Waals surface area contributed by atoms with E-state index in [2.05, 4.69) is 57.7 Å². The summed E-state index contributed by atoms with van der Waals surface area (Å²) in [5, 5.41) is 1.43. The quantitative estimate of drug-likeness (QED) is 0.715. The average molecular weight is 362 g/mol. The summed E-state index contributed by atoms with van der Waals surface area (Å²) in [6.07, 6.45) is 3.13. The SMILES string of the molecule is CCn1c2c(c3ccccc31)CCN(c1ccc(N3CCOCC3)nc1)C2. The molecule has 0 spiro atoms. The molecule has 3 aromatic rings. The molecular weight excluding hydrogens is 336 g/mol. The van der Waals surface area contributed by atoms with Gasteiger partial charge in [0, 0.05) is 42.8 Å². The first-order valence-electron chi connectivity index (χ1n) is 9.98. The van der Waals surface area contributed by atoms with Crippen molar-refractivity contribution in [3.8, 4) is 0 Å². The van der Waals surface area contributed by atoms with Crippen LogP contribution in [-0.4, -0.2) is 42.4 Å². The van der Waals surface area contributed by atoms with Gasteiger partial charge < -0.3 is 19.1 Å². The molecule has 2 aromatic heterocycles. The Morgan fingerprint density at radius 3 is 2.63 bits per heavy atom. The molecule has 5 nitrogen and oxygen atoms in total. The molecule has 4 heterocycles. The normalized spacial score (nSPS) is 17.4. The molecule has 2 aliphatic heterocycles. The fourth-order valence-corrected chi connectivity index (χ4v) is 4.52. The summed E-state index contributed by atoms with van der Waals surface area (Å²) in [5.74, 6) is 1.06. The lowest BCUT2D eigenvalue weighted by Gasteiger charge is -2.31. The van der Waals surface area contributed by atoms with Gasteiger partial charge in [-0.2, -0.15) is 0 Å². The molecule has 0 amide bonds. The number of pyridine rings is 1. The van der Waals surface area contributed by atoms with Crippen molar-refractivity contribution >= 4 is 22.4 Å². The van der Waals surface area contributed by atoms with Gasteiger partial charge in [0.2, 0.25) is 0 Å². The van der Waals surface area contributed by atoms with Gasteiger partial charge in [-0.05, 0) is 37.1 Å². The maximum Gasteiger partial charge on any atom is 0.128 e. The van der Waals surface area contributed by atoms with Gasteiger partial charge in [-0.25, -0.2) is 4.98 Å². The van der Waals surface area contributed by atoms with Crippen LogP contribution in [0.15, 0.2) is 42.6 Å². The van der Waals surface area contributed by atoms with Crippen LogP contribution in [0.25, 0.3) is 10.9 Å². The smallest absolute Gasteiger partial charge is 0.128 e. The number of fused-ring (bicyclic) bond motifs is 3. The standard InChI is InChI=1S/C22H26N4O/c1-2-26-20-6-4-3-5-18(20)19-9-10-25(16-21(19)26)17-7-8-22(23-15-17)24-11-13-27-14-12-24/h3-8,15H,2,9-14,16H2,1H3. The third-order valence-electron chi connectivity index (χ3n) is 5.92. The Morgan fingerprint density at radius 1 is 1.00 bits per heavy atom. The molecule has 0 bridgehead atoms. The second-order valence-electron chi connectivity index (χ2n) is 7.33. The monoisotopic (exact) mass is 362 g/mol. The van der Waals surface area contributed by atoms with E-state index < -0.39 is 0 Å². The van der Waals surface area contributed by atoms with Gasteiger partial charge >= 0.3 is 0 Å². The van der Waals surface area contributed by atoms with E-state index in [-0.39, 0.29) is 0 Å². The summed E-state index contributed by atoms with van der Waals surface area (Å²) in [7, 11) is 0. The molecule has 0 unspecified atom stereocenters. The lowest BCUT2D eigenvalue weighted by atomic mass is 10.0. The van der Waals surface area contributed by atoms with Crippen LogP contribution in [0.1, 0.15) is 18.2 Å². The minimum absolute atomic E-state index is 0.792. The fourth-order valence-electron chi connectivity index (χ4n) is 4.52. The van der Waals surface area contributed by atoms with E-state index in [4.69, 9.17) is 9.72 Å². The van der Waals surface area contributed by atoms with Crippen molar-refractivity contribution in [2.24, 2.45) is 0 Å². The van der Waals surface area contributed by atoms with Gasteiger partial charge in [-0.15, -0.1) is 0 Å². The number of anilines is 2. The molecule has 5 rings (SSSR count). The number of hydrogen-bond donors (Lipinski definition) is 0. The van der Waals surface area contributed by atoms with E-state index in [9.17, 15) is 0 Å².